The Morgan fingerprint density at radius 1 is 0.293 bits per heavy atom. The third kappa shape index (κ3) is 45.5. The van der Waals surface area contributed by atoms with Crippen LogP contribution in [-0.2, 0) is 28.6 Å². The summed E-state index contributed by atoms with van der Waals surface area (Å²) < 4.78 is 16.8. The van der Waals surface area contributed by atoms with Crippen LogP contribution >= 0.6 is 0 Å². The second-order valence-corrected chi connectivity index (χ2v) is 19.2. The standard InChI is InChI=1S/C52H100O6/c1-46(2)38-32-26-20-15-12-10-8-7-9-11-13-17-23-29-35-41-50(53)56-44-49(58-52(55)43-37-31-25-19-22-28-34-40-48(5)6)45-57-51(54)42-36-30-24-18-14-16-21-27-33-39-47(3)4/h46-49H,7-45H2,1-6H3/t49-/m0/s1. The molecule has 1 atom stereocenters. The first-order valence-electron chi connectivity index (χ1n) is 25.6. The summed E-state index contributed by atoms with van der Waals surface area (Å²) in [6.07, 6.45) is 42.5. The molecule has 0 saturated heterocycles. The number of rotatable bonds is 45. The SMILES string of the molecule is CC(C)CCCCCCCCCCCCCCCCCC(=O)OC[C@@H](COC(=O)CCCCCCCCCCCC(C)C)OC(=O)CCCCCCCCCC(C)C. The molecule has 6 nitrogen and oxygen atoms in total. The molecule has 0 radical (unpaired) electrons. The Balaban J connectivity index is 4.25. The van der Waals surface area contributed by atoms with Crippen LogP contribution in [0.4, 0.5) is 0 Å². The van der Waals surface area contributed by atoms with E-state index in [9.17, 15) is 14.4 Å². The number of hydrogen-bond donors (Lipinski definition) is 0. The lowest BCUT2D eigenvalue weighted by Crippen LogP contribution is -2.30. The maximum atomic E-state index is 12.7. The van der Waals surface area contributed by atoms with Gasteiger partial charge in [-0.1, -0.05) is 241 Å². The van der Waals surface area contributed by atoms with Crippen molar-refractivity contribution in [1.82, 2.24) is 0 Å². The Hall–Kier alpha value is -1.59. The lowest BCUT2D eigenvalue weighted by Gasteiger charge is -2.18. The third-order valence-electron chi connectivity index (χ3n) is 11.6. The number of unbranched alkanes of at least 4 members (excludes halogenated alkanes) is 28. The molecule has 0 amide bonds. The lowest BCUT2D eigenvalue weighted by atomic mass is 10.0. The maximum absolute atomic E-state index is 12.7. The first-order chi connectivity index (χ1) is 28.1. The molecule has 0 rings (SSSR count). The Labute approximate surface area is 361 Å². The van der Waals surface area contributed by atoms with Crippen LogP contribution in [0.15, 0.2) is 0 Å². The van der Waals surface area contributed by atoms with Crippen LogP contribution in [0.5, 0.6) is 0 Å². The van der Waals surface area contributed by atoms with Gasteiger partial charge >= 0.3 is 17.9 Å². The zero-order chi connectivity index (χ0) is 42.7. The Bertz CT molecular complexity index is 898. The molecule has 0 aliphatic heterocycles. The first-order valence-corrected chi connectivity index (χ1v) is 25.6. The average Bonchev–Trinajstić information content (AvgIpc) is 3.18. The predicted molar refractivity (Wildman–Crippen MR) is 247 cm³/mol. The molecule has 58 heavy (non-hydrogen) atoms. The largest absolute Gasteiger partial charge is 0.462 e. The highest BCUT2D eigenvalue weighted by Gasteiger charge is 2.19. The van der Waals surface area contributed by atoms with E-state index >= 15 is 0 Å². The molecule has 0 aromatic carbocycles. The molecule has 0 aliphatic carbocycles. The van der Waals surface area contributed by atoms with Gasteiger partial charge in [-0.3, -0.25) is 14.4 Å². The molecule has 344 valence electrons. The van der Waals surface area contributed by atoms with E-state index in [0.29, 0.717) is 19.3 Å². The zero-order valence-electron chi connectivity index (χ0n) is 39.8. The van der Waals surface area contributed by atoms with Crippen LogP contribution in [0.3, 0.4) is 0 Å². The van der Waals surface area contributed by atoms with E-state index in [1.807, 2.05) is 0 Å². The van der Waals surface area contributed by atoms with Crippen LogP contribution in [0.25, 0.3) is 0 Å². The number of esters is 3. The van der Waals surface area contributed by atoms with Gasteiger partial charge in [0.2, 0.25) is 0 Å². The Morgan fingerprint density at radius 3 is 0.741 bits per heavy atom. The predicted octanol–water partition coefficient (Wildman–Crippen LogP) is 16.4. The van der Waals surface area contributed by atoms with E-state index in [1.54, 1.807) is 0 Å². The van der Waals surface area contributed by atoms with Gasteiger partial charge in [0.05, 0.1) is 0 Å². The van der Waals surface area contributed by atoms with Crippen molar-refractivity contribution in [2.75, 3.05) is 13.2 Å². The molecule has 0 saturated carbocycles. The topological polar surface area (TPSA) is 78.9 Å². The van der Waals surface area contributed by atoms with Crippen molar-refractivity contribution in [2.24, 2.45) is 17.8 Å². The number of ether oxygens (including phenoxy) is 3. The summed E-state index contributed by atoms with van der Waals surface area (Å²) in [6.45, 7) is 13.7. The zero-order valence-corrected chi connectivity index (χ0v) is 39.8. The fraction of sp³-hybridized carbons (Fsp3) is 0.942. The second kappa shape index (κ2) is 43.5. The molecule has 6 heteroatoms. The summed E-state index contributed by atoms with van der Waals surface area (Å²) >= 11 is 0. The van der Waals surface area contributed by atoms with Crippen LogP contribution in [-0.4, -0.2) is 37.2 Å². The van der Waals surface area contributed by atoms with Crippen molar-refractivity contribution in [3.8, 4) is 0 Å². The molecular formula is C52H100O6. The van der Waals surface area contributed by atoms with Crippen LogP contribution in [0.2, 0.25) is 0 Å². The number of carbonyl (C=O) groups excluding carboxylic acids is 3. The van der Waals surface area contributed by atoms with Gasteiger partial charge in [-0.2, -0.15) is 0 Å². The highest BCUT2D eigenvalue weighted by molar-refractivity contribution is 5.71. The summed E-state index contributed by atoms with van der Waals surface area (Å²) in [7, 11) is 0. The van der Waals surface area contributed by atoms with Crippen molar-refractivity contribution >= 4 is 17.9 Å². The molecule has 0 aromatic heterocycles. The van der Waals surface area contributed by atoms with E-state index in [0.717, 1.165) is 75.5 Å². The molecular weight excluding hydrogens is 721 g/mol. The van der Waals surface area contributed by atoms with Gasteiger partial charge in [0.1, 0.15) is 13.2 Å². The van der Waals surface area contributed by atoms with Crippen molar-refractivity contribution in [2.45, 2.75) is 285 Å². The van der Waals surface area contributed by atoms with E-state index in [1.165, 1.54) is 161 Å². The number of hydrogen-bond acceptors (Lipinski definition) is 6. The first kappa shape index (κ1) is 56.4. The minimum atomic E-state index is -0.763. The van der Waals surface area contributed by atoms with E-state index < -0.39 is 6.10 Å². The van der Waals surface area contributed by atoms with Crippen molar-refractivity contribution < 1.29 is 28.6 Å². The maximum Gasteiger partial charge on any atom is 0.306 e. The molecule has 0 aromatic rings. The van der Waals surface area contributed by atoms with Crippen molar-refractivity contribution in [3.05, 3.63) is 0 Å². The number of carbonyl (C=O) groups is 3. The highest BCUT2D eigenvalue weighted by atomic mass is 16.6. The average molecular weight is 821 g/mol. The van der Waals surface area contributed by atoms with Crippen LogP contribution < -0.4 is 0 Å². The van der Waals surface area contributed by atoms with E-state index in [-0.39, 0.29) is 31.1 Å². The van der Waals surface area contributed by atoms with Gasteiger partial charge < -0.3 is 14.2 Å². The minimum Gasteiger partial charge on any atom is -0.462 e. The van der Waals surface area contributed by atoms with Gasteiger partial charge in [0, 0.05) is 19.3 Å². The normalized spacial score (nSPS) is 12.2. The van der Waals surface area contributed by atoms with E-state index in [2.05, 4.69) is 41.5 Å². The highest BCUT2D eigenvalue weighted by Crippen LogP contribution is 2.17. The molecule has 0 fully saturated rings. The van der Waals surface area contributed by atoms with Gasteiger partial charge in [0.15, 0.2) is 6.10 Å². The quantitative estimate of drug-likeness (QED) is 0.0346. The summed E-state index contributed by atoms with van der Waals surface area (Å²) in [5, 5.41) is 0. The molecule has 0 N–H and O–H groups in total. The Kier molecular flexibility index (Phi) is 42.3. The van der Waals surface area contributed by atoms with Crippen LogP contribution in [0, 0.1) is 17.8 Å². The third-order valence-corrected chi connectivity index (χ3v) is 11.6. The van der Waals surface area contributed by atoms with E-state index in [4.69, 9.17) is 14.2 Å². The monoisotopic (exact) mass is 821 g/mol. The van der Waals surface area contributed by atoms with Crippen molar-refractivity contribution in [3.63, 3.8) is 0 Å². The molecule has 0 aliphatic rings. The Morgan fingerprint density at radius 2 is 0.500 bits per heavy atom. The fourth-order valence-electron chi connectivity index (χ4n) is 7.76. The summed E-state index contributed by atoms with van der Waals surface area (Å²) in [5.41, 5.74) is 0. The molecule has 0 spiro atoms. The van der Waals surface area contributed by atoms with Gasteiger partial charge in [-0.25, -0.2) is 0 Å². The van der Waals surface area contributed by atoms with Crippen molar-refractivity contribution in [1.29, 1.82) is 0 Å². The summed E-state index contributed by atoms with van der Waals surface area (Å²) in [6, 6.07) is 0. The molecule has 0 bridgehead atoms. The summed E-state index contributed by atoms with van der Waals surface area (Å²) in [5.74, 6) is 1.58. The fourth-order valence-corrected chi connectivity index (χ4v) is 7.76. The molecule has 0 heterocycles. The lowest BCUT2D eigenvalue weighted by molar-refractivity contribution is -0.167. The van der Waals surface area contributed by atoms with Gasteiger partial charge in [0.25, 0.3) is 0 Å². The van der Waals surface area contributed by atoms with Gasteiger partial charge in [-0.15, -0.1) is 0 Å². The summed E-state index contributed by atoms with van der Waals surface area (Å²) in [4.78, 5) is 37.9. The smallest absolute Gasteiger partial charge is 0.306 e. The molecule has 0 unspecified atom stereocenters. The van der Waals surface area contributed by atoms with Crippen LogP contribution in [0.1, 0.15) is 279 Å². The van der Waals surface area contributed by atoms with Gasteiger partial charge in [-0.05, 0) is 37.0 Å². The minimum absolute atomic E-state index is 0.0655. The second-order valence-electron chi connectivity index (χ2n) is 19.2.